The highest BCUT2D eigenvalue weighted by Crippen LogP contribution is 2.28. The zero-order valence-electron chi connectivity index (χ0n) is 21.4. The van der Waals surface area contributed by atoms with Crippen molar-refractivity contribution in [1.29, 1.82) is 0 Å². The SMILES string of the molecule is O=C(CCc1ccccc1)NC[C@H]1CN(c2ccc(N3CCN(c4ncccc4[N+](=O)[O-])CC3)cc2)C(=O)O1. The molecule has 2 amide bonds. The number of aryl methyl sites for hydroxylation is 1. The topological polar surface area (TPSA) is 121 Å². The Balaban J connectivity index is 1.10. The Morgan fingerprint density at radius 2 is 1.67 bits per heavy atom. The van der Waals surface area contributed by atoms with E-state index in [9.17, 15) is 19.7 Å². The van der Waals surface area contributed by atoms with Crippen LogP contribution in [0, 0.1) is 10.1 Å². The molecular formula is C28H30N6O5. The van der Waals surface area contributed by atoms with Gasteiger partial charge in [0, 0.05) is 56.2 Å². The van der Waals surface area contributed by atoms with Crippen LogP contribution in [0.2, 0.25) is 0 Å². The fraction of sp³-hybridized carbons (Fsp3) is 0.321. The van der Waals surface area contributed by atoms with E-state index in [4.69, 9.17) is 4.74 Å². The van der Waals surface area contributed by atoms with E-state index in [1.807, 2.05) is 59.5 Å². The van der Waals surface area contributed by atoms with Crippen molar-refractivity contribution in [2.24, 2.45) is 0 Å². The minimum atomic E-state index is -0.433. The number of cyclic esters (lactones) is 1. The summed E-state index contributed by atoms with van der Waals surface area (Å²) in [6.45, 7) is 3.22. The molecule has 1 aromatic heterocycles. The van der Waals surface area contributed by atoms with Crippen molar-refractivity contribution in [1.82, 2.24) is 10.3 Å². The van der Waals surface area contributed by atoms with Gasteiger partial charge in [0.1, 0.15) is 6.10 Å². The molecule has 2 aliphatic heterocycles. The van der Waals surface area contributed by atoms with Crippen LogP contribution in [-0.2, 0) is 16.0 Å². The summed E-state index contributed by atoms with van der Waals surface area (Å²) in [6, 6.07) is 20.6. The number of carbonyl (C=O) groups is 2. The number of aromatic nitrogens is 1. The number of ether oxygens (including phenoxy) is 1. The number of hydrogen-bond donors (Lipinski definition) is 1. The summed E-state index contributed by atoms with van der Waals surface area (Å²) >= 11 is 0. The number of piperazine rings is 1. The molecule has 2 fully saturated rings. The molecule has 0 spiro atoms. The van der Waals surface area contributed by atoms with Crippen LogP contribution < -0.4 is 20.0 Å². The van der Waals surface area contributed by atoms with Gasteiger partial charge in [-0.2, -0.15) is 0 Å². The van der Waals surface area contributed by atoms with Gasteiger partial charge in [-0.05, 0) is 42.3 Å². The lowest BCUT2D eigenvalue weighted by Gasteiger charge is -2.36. The molecule has 0 bridgehead atoms. The standard InChI is InChI=1S/C28H30N6O5/c35-26(13-8-21-5-2-1-3-6-21)30-19-24-20-33(28(36)39-24)23-11-9-22(10-12-23)31-15-17-32(18-16-31)27-25(34(37)38)7-4-14-29-27/h1-7,9-12,14,24H,8,13,15-20H2,(H,30,35)/t24-/m0/s1. The summed E-state index contributed by atoms with van der Waals surface area (Å²) in [5.74, 6) is 0.322. The summed E-state index contributed by atoms with van der Waals surface area (Å²) < 4.78 is 5.47. The van der Waals surface area contributed by atoms with E-state index in [0.29, 0.717) is 51.4 Å². The van der Waals surface area contributed by atoms with E-state index < -0.39 is 17.1 Å². The third-order valence-corrected chi connectivity index (χ3v) is 6.95. The predicted molar refractivity (Wildman–Crippen MR) is 147 cm³/mol. The van der Waals surface area contributed by atoms with E-state index in [2.05, 4.69) is 15.2 Å². The normalized spacial score (nSPS) is 17.2. The smallest absolute Gasteiger partial charge is 0.414 e. The predicted octanol–water partition coefficient (Wildman–Crippen LogP) is 3.39. The molecule has 2 saturated heterocycles. The largest absolute Gasteiger partial charge is 0.442 e. The molecule has 2 aliphatic rings. The number of nitrogens with one attached hydrogen (secondary N) is 1. The van der Waals surface area contributed by atoms with E-state index in [-0.39, 0.29) is 18.1 Å². The summed E-state index contributed by atoms with van der Waals surface area (Å²) in [4.78, 5) is 45.6. The number of anilines is 3. The second-order valence-electron chi connectivity index (χ2n) is 9.50. The quantitative estimate of drug-likeness (QED) is 0.330. The van der Waals surface area contributed by atoms with Crippen LogP contribution >= 0.6 is 0 Å². The molecule has 2 aromatic carbocycles. The molecular weight excluding hydrogens is 500 g/mol. The highest BCUT2D eigenvalue weighted by molar-refractivity contribution is 5.90. The summed E-state index contributed by atoms with van der Waals surface area (Å²) in [6.07, 6.45) is 1.76. The number of amides is 2. The third kappa shape index (κ3) is 6.25. The van der Waals surface area contributed by atoms with Crippen LogP contribution in [0.3, 0.4) is 0 Å². The Bertz CT molecular complexity index is 1310. The molecule has 0 aliphatic carbocycles. The molecule has 3 aromatic rings. The van der Waals surface area contributed by atoms with Crippen LogP contribution in [0.4, 0.5) is 27.7 Å². The van der Waals surface area contributed by atoms with Gasteiger partial charge in [0.25, 0.3) is 0 Å². The van der Waals surface area contributed by atoms with Crippen molar-refractivity contribution in [3.63, 3.8) is 0 Å². The molecule has 5 rings (SSSR count). The Kier molecular flexibility index (Phi) is 7.86. The molecule has 0 saturated carbocycles. The average Bonchev–Trinajstić information content (AvgIpc) is 3.36. The third-order valence-electron chi connectivity index (χ3n) is 6.95. The van der Waals surface area contributed by atoms with Crippen molar-refractivity contribution >= 4 is 34.9 Å². The van der Waals surface area contributed by atoms with Crippen LogP contribution in [0.25, 0.3) is 0 Å². The average molecular weight is 531 g/mol. The van der Waals surface area contributed by atoms with Gasteiger partial charge >= 0.3 is 11.8 Å². The van der Waals surface area contributed by atoms with E-state index >= 15 is 0 Å². The zero-order valence-corrected chi connectivity index (χ0v) is 21.4. The molecule has 0 radical (unpaired) electrons. The first-order valence-corrected chi connectivity index (χ1v) is 13.0. The second-order valence-corrected chi connectivity index (χ2v) is 9.50. The maximum Gasteiger partial charge on any atom is 0.414 e. The first-order chi connectivity index (χ1) is 19.0. The van der Waals surface area contributed by atoms with Gasteiger partial charge in [-0.15, -0.1) is 0 Å². The molecule has 3 heterocycles. The van der Waals surface area contributed by atoms with Gasteiger partial charge in [-0.25, -0.2) is 9.78 Å². The summed E-state index contributed by atoms with van der Waals surface area (Å²) in [5.41, 5.74) is 2.85. The monoisotopic (exact) mass is 530 g/mol. The van der Waals surface area contributed by atoms with Crippen molar-refractivity contribution in [2.75, 3.05) is 54.0 Å². The van der Waals surface area contributed by atoms with E-state index in [1.165, 1.54) is 6.07 Å². The molecule has 11 nitrogen and oxygen atoms in total. The van der Waals surface area contributed by atoms with Gasteiger partial charge in [0.05, 0.1) is 18.0 Å². The number of hydrogen-bond acceptors (Lipinski definition) is 8. The first kappa shape index (κ1) is 26.0. The fourth-order valence-electron chi connectivity index (χ4n) is 4.85. The fourth-order valence-corrected chi connectivity index (χ4v) is 4.85. The number of carbonyl (C=O) groups excluding carboxylic acids is 2. The minimum absolute atomic E-state index is 0.0119. The minimum Gasteiger partial charge on any atom is -0.442 e. The molecule has 0 unspecified atom stereocenters. The Hall–Kier alpha value is -4.67. The maximum atomic E-state index is 12.5. The number of benzene rings is 2. The number of pyridine rings is 1. The highest BCUT2D eigenvalue weighted by Gasteiger charge is 2.32. The lowest BCUT2D eigenvalue weighted by Crippen LogP contribution is -2.47. The van der Waals surface area contributed by atoms with Gasteiger partial charge in [0.15, 0.2) is 0 Å². The molecule has 39 heavy (non-hydrogen) atoms. The van der Waals surface area contributed by atoms with Gasteiger partial charge in [-0.3, -0.25) is 19.8 Å². The highest BCUT2D eigenvalue weighted by atomic mass is 16.6. The molecule has 1 atom stereocenters. The lowest BCUT2D eigenvalue weighted by molar-refractivity contribution is -0.384. The lowest BCUT2D eigenvalue weighted by atomic mass is 10.1. The zero-order chi connectivity index (χ0) is 27.2. The van der Waals surface area contributed by atoms with E-state index in [1.54, 1.807) is 17.2 Å². The van der Waals surface area contributed by atoms with Gasteiger partial charge in [-0.1, -0.05) is 30.3 Å². The number of nitrogens with zero attached hydrogens (tertiary/aromatic N) is 5. The molecule has 1 N–H and O–H groups in total. The van der Waals surface area contributed by atoms with Crippen molar-refractivity contribution in [2.45, 2.75) is 18.9 Å². The number of nitro groups is 1. The summed E-state index contributed by atoms with van der Waals surface area (Å²) in [7, 11) is 0. The van der Waals surface area contributed by atoms with Crippen LogP contribution in [0.5, 0.6) is 0 Å². The first-order valence-electron chi connectivity index (χ1n) is 13.0. The van der Waals surface area contributed by atoms with Crippen LogP contribution in [-0.4, -0.2) is 67.3 Å². The van der Waals surface area contributed by atoms with Crippen LogP contribution in [0.15, 0.2) is 72.9 Å². The van der Waals surface area contributed by atoms with Crippen LogP contribution in [0.1, 0.15) is 12.0 Å². The van der Waals surface area contributed by atoms with Crippen molar-refractivity contribution in [3.05, 3.63) is 88.6 Å². The summed E-state index contributed by atoms with van der Waals surface area (Å²) in [5, 5.41) is 14.2. The van der Waals surface area contributed by atoms with E-state index in [0.717, 1.165) is 16.9 Å². The van der Waals surface area contributed by atoms with Crippen molar-refractivity contribution < 1.29 is 19.2 Å². The molecule has 202 valence electrons. The Morgan fingerprint density at radius 3 is 2.38 bits per heavy atom. The Labute approximate surface area is 226 Å². The second kappa shape index (κ2) is 11.8. The van der Waals surface area contributed by atoms with Gasteiger partial charge in [0.2, 0.25) is 11.7 Å². The number of rotatable bonds is 9. The molecule has 11 heteroatoms. The van der Waals surface area contributed by atoms with Gasteiger partial charge < -0.3 is 19.9 Å². The maximum absolute atomic E-state index is 12.5. The van der Waals surface area contributed by atoms with Crippen molar-refractivity contribution in [3.8, 4) is 0 Å². The Morgan fingerprint density at radius 1 is 0.974 bits per heavy atom.